The minimum absolute atomic E-state index is 0.0706. The van der Waals surface area contributed by atoms with Crippen molar-refractivity contribution in [2.24, 2.45) is 0 Å². The van der Waals surface area contributed by atoms with E-state index in [1.165, 1.54) is 11.3 Å². The molecule has 2 aliphatic heterocycles. The molecule has 0 aliphatic carbocycles. The maximum absolute atomic E-state index is 6.34. The number of anilines is 1. The molecule has 2 saturated heterocycles. The number of hydrogen-bond acceptors (Lipinski definition) is 5. The molecule has 2 fully saturated rings. The van der Waals surface area contributed by atoms with Gasteiger partial charge >= 0.3 is 0 Å². The van der Waals surface area contributed by atoms with Crippen molar-refractivity contribution in [3.05, 3.63) is 54.4 Å². The van der Waals surface area contributed by atoms with Crippen molar-refractivity contribution < 1.29 is 9.47 Å². The van der Waals surface area contributed by atoms with E-state index in [2.05, 4.69) is 33.0 Å². The molecule has 3 heterocycles. The Hall–Kier alpha value is -2.11. The highest BCUT2D eigenvalue weighted by Gasteiger charge is 2.40. The zero-order chi connectivity index (χ0) is 17.8. The van der Waals surface area contributed by atoms with Crippen molar-refractivity contribution in [2.75, 3.05) is 44.8 Å². The number of aromatic nitrogens is 1. The Balaban J connectivity index is 1.43. The summed E-state index contributed by atoms with van der Waals surface area (Å²) < 4.78 is 11.6. The zero-order valence-corrected chi connectivity index (χ0v) is 15.4. The highest BCUT2D eigenvalue weighted by Crippen LogP contribution is 2.32. The van der Waals surface area contributed by atoms with Gasteiger partial charge in [0.05, 0.1) is 31.2 Å². The fraction of sp³-hybridized carbons (Fsp3) is 0.476. The van der Waals surface area contributed by atoms with Crippen LogP contribution >= 0.6 is 0 Å². The first kappa shape index (κ1) is 17.3. The molecular weight excluding hydrogens is 326 g/mol. The fourth-order valence-corrected chi connectivity index (χ4v) is 4.15. The lowest BCUT2D eigenvalue weighted by atomic mass is 9.90. The number of piperidine rings is 1. The van der Waals surface area contributed by atoms with Crippen molar-refractivity contribution in [2.45, 2.75) is 25.0 Å². The Labute approximate surface area is 155 Å². The summed E-state index contributed by atoms with van der Waals surface area (Å²) in [4.78, 5) is 9.23. The molecule has 0 radical (unpaired) electrons. The smallest absolute Gasteiger partial charge is 0.118 e. The molecule has 2 aliphatic rings. The van der Waals surface area contributed by atoms with E-state index < -0.39 is 0 Å². The van der Waals surface area contributed by atoms with Gasteiger partial charge in [-0.05, 0) is 42.7 Å². The first-order valence-electron chi connectivity index (χ1n) is 9.41. The summed E-state index contributed by atoms with van der Waals surface area (Å²) in [6.07, 6.45) is 6.07. The van der Waals surface area contributed by atoms with E-state index in [9.17, 15) is 0 Å². The first-order valence-corrected chi connectivity index (χ1v) is 9.41. The Kier molecular flexibility index (Phi) is 5.09. The number of methoxy groups -OCH3 is 1. The van der Waals surface area contributed by atoms with Gasteiger partial charge in [-0.25, -0.2) is 0 Å². The quantitative estimate of drug-likeness (QED) is 0.845. The molecule has 1 atom stereocenters. The molecule has 26 heavy (non-hydrogen) atoms. The second-order valence-electron chi connectivity index (χ2n) is 7.33. The molecule has 1 aromatic heterocycles. The summed E-state index contributed by atoms with van der Waals surface area (Å²) in [5.41, 5.74) is 2.45. The fourth-order valence-electron chi connectivity index (χ4n) is 4.15. The maximum Gasteiger partial charge on any atom is 0.118 e. The molecule has 0 N–H and O–H groups in total. The van der Waals surface area contributed by atoms with Crippen molar-refractivity contribution in [3.63, 3.8) is 0 Å². The molecule has 0 saturated carbocycles. The summed E-state index contributed by atoms with van der Waals surface area (Å²) >= 11 is 0. The number of benzene rings is 1. The van der Waals surface area contributed by atoms with Crippen LogP contribution < -0.4 is 9.64 Å². The Morgan fingerprint density at radius 2 is 2.04 bits per heavy atom. The second-order valence-corrected chi connectivity index (χ2v) is 7.33. The first-order chi connectivity index (χ1) is 12.8. The van der Waals surface area contributed by atoms with Gasteiger partial charge in [0.1, 0.15) is 5.75 Å². The number of hydrogen-bond donors (Lipinski definition) is 0. The van der Waals surface area contributed by atoms with Crippen molar-refractivity contribution in [1.29, 1.82) is 0 Å². The Bertz CT molecular complexity index is 703. The number of rotatable bonds is 4. The van der Waals surface area contributed by atoms with Crippen LogP contribution in [0.3, 0.4) is 0 Å². The number of ether oxygens (including phenoxy) is 2. The number of pyridine rings is 1. The van der Waals surface area contributed by atoms with E-state index in [1.807, 2.05) is 30.6 Å². The van der Waals surface area contributed by atoms with Gasteiger partial charge in [0, 0.05) is 38.9 Å². The van der Waals surface area contributed by atoms with Crippen LogP contribution in [-0.4, -0.2) is 55.4 Å². The monoisotopic (exact) mass is 353 g/mol. The normalized spacial score (nSPS) is 24.0. The molecule has 5 heteroatoms. The van der Waals surface area contributed by atoms with Crippen LogP contribution in [0.5, 0.6) is 5.75 Å². The highest BCUT2D eigenvalue weighted by molar-refractivity contribution is 5.44. The lowest BCUT2D eigenvalue weighted by molar-refractivity contribution is -0.116. The average Bonchev–Trinajstić information content (AvgIpc) is 2.69. The summed E-state index contributed by atoms with van der Waals surface area (Å²) in [5, 5.41) is 0. The second kappa shape index (κ2) is 7.64. The lowest BCUT2D eigenvalue weighted by Gasteiger charge is -2.48. The van der Waals surface area contributed by atoms with Gasteiger partial charge in [-0.3, -0.25) is 9.88 Å². The van der Waals surface area contributed by atoms with Gasteiger partial charge in [0.2, 0.25) is 0 Å². The van der Waals surface area contributed by atoms with E-state index in [0.717, 1.165) is 57.9 Å². The van der Waals surface area contributed by atoms with Crippen LogP contribution in [0.4, 0.5) is 5.69 Å². The SMILES string of the molecule is COc1ccc(CN2CCOC3(CCCN(c4cccnc4)C3)C2)cc1. The largest absolute Gasteiger partial charge is 0.497 e. The van der Waals surface area contributed by atoms with Gasteiger partial charge in [-0.2, -0.15) is 0 Å². The van der Waals surface area contributed by atoms with Crippen LogP contribution in [-0.2, 0) is 11.3 Å². The Morgan fingerprint density at radius 1 is 1.15 bits per heavy atom. The highest BCUT2D eigenvalue weighted by atomic mass is 16.5. The summed E-state index contributed by atoms with van der Waals surface area (Å²) in [6.45, 7) is 5.75. The average molecular weight is 353 g/mol. The molecule has 0 bridgehead atoms. The number of nitrogens with zero attached hydrogens (tertiary/aromatic N) is 3. The van der Waals surface area contributed by atoms with E-state index >= 15 is 0 Å². The minimum atomic E-state index is -0.0706. The van der Waals surface area contributed by atoms with Crippen LogP contribution in [0.1, 0.15) is 18.4 Å². The molecule has 4 rings (SSSR count). The summed E-state index contributed by atoms with van der Waals surface area (Å²) in [6, 6.07) is 12.5. The molecule has 1 unspecified atom stereocenters. The van der Waals surface area contributed by atoms with Gasteiger partial charge < -0.3 is 14.4 Å². The molecule has 1 spiro atoms. The van der Waals surface area contributed by atoms with E-state index in [0.29, 0.717) is 0 Å². The molecular formula is C21H27N3O2. The molecule has 2 aromatic rings. The standard InChI is InChI=1S/C21H27N3O2/c1-25-20-7-5-18(6-8-20)15-23-12-13-26-21(16-23)9-3-11-24(17-21)19-4-2-10-22-14-19/h2,4-8,10,14H,3,9,11-13,15-17H2,1H3. The van der Waals surface area contributed by atoms with Crippen molar-refractivity contribution in [3.8, 4) is 5.75 Å². The predicted molar refractivity (Wildman–Crippen MR) is 103 cm³/mol. The van der Waals surface area contributed by atoms with Crippen molar-refractivity contribution >= 4 is 5.69 Å². The van der Waals surface area contributed by atoms with Crippen LogP contribution in [0, 0.1) is 0 Å². The minimum Gasteiger partial charge on any atom is -0.497 e. The van der Waals surface area contributed by atoms with Crippen molar-refractivity contribution in [1.82, 2.24) is 9.88 Å². The van der Waals surface area contributed by atoms with Gasteiger partial charge in [0.25, 0.3) is 0 Å². The third kappa shape index (κ3) is 3.84. The van der Waals surface area contributed by atoms with Gasteiger partial charge in [0.15, 0.2) is 0 Å². The summed E-state index contributed by atoms with van der Waals surface area (Å²) in [5.74, 6) is 0.909. The maximum atomic E-state index is 6.34. The molecule has 1 aromatic carbocycles. The van der Waals surface area contributed by atoms with Gasteiger partial charge in [-0.1, -0.05) is 12.1 Å². The molecule has 5 nitrogen and oxygen atoms in total. The summed E-state index contributed by atoms with van der Waals surface area (Å²) in [7, 11) is 1.71. The molecule has 0 amide bonds. The van der Waals surface area contributed by atoms with E-state index in [1.54, 1.807) is 7.11 Å². The third-order valence-electron chi connectivity index (χ3n) is 5.44. The van der Waals surface area contributed by atoms with Crippen LogP contribution in [0.15, 0.2) is 48.8 Å². The van der Waals surface area contributed by atoms with Crippen LogP contribution in [0.25, 0.3) is 0 Å². The Morgan fingerprint density at radius 3 is 2.81 bits per heavy atom. The van der Waals surface area contributed by atoms with Crippen LogP contribution in [0.2, 0.25) is 0 Å². The predicted octanol–water partition coefficient (Wildman–Crippen LogP) is 2.96. The lowest BCUT2D eigenvalue weighted by Crippen LogP contribution is -2.59. The number of morpholine rings is 1. The molecule has 138 valence electrons. The van der Waals surface area contributed by atoms with Gasteiger partial charge in [-0.15, -0.1) is 0 Å². The van der Waals surface area contributed by atoms with E-state index in [4.69, 9.17) is 9.47 Å². The topological polar surface area (TPSA) is 37.8 Å². The zero-order valence-electron chi connectivity index (χ0n) is 15.4. The third-order valence-corrected chi connectivity index (χ3v) is 5.44. The van der Waals surface area contributed by atoms with E-state index in [-0.39, 0.29) is 5.60 Å².